The molecule has 1 saturated heterocycles. The molecular weight excluding hydrogens is 437 g/mol. The number of hydrogen-bond acceptors (Lipinski definition) is 6. The highest BCUT2D eigenvalue weighted by Gasteiger charge is 2.33. The molecule has 1 N–H and O–H groups in total. The lowest BCUT2D eigenvalue weighted by Crippen LogP contribution is -2.47. The molecule has 0 radical (unpaired) electrons. The van der Waals surface area contributed by atoms with Crippen LogP contribution in [0.4, 0.5) is 4.39 Å². The molecule has 0 bridgehead atoms. The quantitative estimate of drug-likeness (QED) is 0.430. The summed E-state index contributed by atoms with van der Waals surface area (Å²) in [4.78, 5) is 6.34. The second-order valence-electron chi connectivity index (χ2n) is 8.71. The van der Waals surface area contributed by atoms with Crippen molar-refractivity contribution in [2.75, 3.05) is 33.4 Å². The van der Waals surface area contributed by atoms with Crippen molar-refractivity contribution in [1.82, 2.24) is 14.5 Å². The Bertz CT molecular complexity index is 1040. The molecule has 0 amide bonds. The van der Waals surface area contributed by atoms with Crippen molar-refractivity contribution in [2.24, 2.45) is 0 Å². The van der Waals surface area contributed by atoms with E-state index in [4.69, 9.17) is 14.2 Å². The Balaban J connectivity index is 1.26. The van der Waals surface area contributed by atoms with Crippen molar-refractivity contribution >= 4 is 0 Å². The Morgan fingerprint density at radius 3 is 2.62 bits per heavy atom. The number of ether oxygens (including phenoxy) is 3. The molecule has 182 valence electrons. The summed E-state index contributed by atoms with van der Waals surface area (Å²) in [5.41, 5.74) is 0.167. The summed E-state index contributed by atoms with van der Waals surface area (Å²) >= 11 is 0. The summed E-state index contributed by atoms with van der Waals surface area (Å²) in [6.07, 6.45) is 7.50. The third-order valence-electron chi connectivity index (χ3n) is 6.13. The molecule has 1 aliphatic rings. The van der Waals surface area contributed by atoms with Gasteiger partial charge in [-0.2, -0.15) is 0 Å². The molecule has 0 unspecified atom stereocenters. The molecule has 2 aromatic carbocycles. The zero-order valence-electron chi connectivity index (χ0n) is 19.5. The second-order valence-corrected chi connectivity index (χ2v) is 8.71. The molecule has 2 heterocycles. The van der Waals surface area contributed by atoms with Crippen molar-refractivity contribution in [3.8, 4) is 17.2 Å². The van der Waals surface area contributed by atoms with E-state index in [-0.39, 0.29) is 12.4 Å². The number of piperidine rings is 1. The first kappa shape index (κ1) is 24.0. The Morgan fingerprint density at radius 1 is 1.06 bits per heavy atom. The van der Waals surface area contributed by atoms with E-state index in [1.54, 1.807) is 37.8 Å². The molecule has 0 aliphatic carbocycles. The fraction of sp³-hybridized carbons (Fsp3) is 0.423. The fourth-order valence-electron chi connectivity index (χ4n) is 4.08. The topological polar surface area (TPSA) is 69.0 Å². The molecule has 1 aromatic heterocycles. The summed E-state index contributed by atoms with van der Waals surface area (Å²) in [5.74, 6) is 1.21. The number of halogens is 1. The Kier molecular flexibility index (Phi) is 8.03. The van der Waals surface area contributed by atoms with Crippen LogP contribution in [0.2, 0.25) is 0 Å². The van der Waals surface area contributed by atoms with Crippen LogP contribution in [0, 0.1) is 5.82 Å². The summed E-state index contributed by atoms with van der Waals surface area (Å²) in [5, 5.41) is 10.9. The van der Waals surface area contributed by atoms with Crippen LogP contribution in [-0.2, 0) is 13.1 Å². The first-order valence-electron chi connectivity index (χ1n) is 11.6. The SMILES string of the molecule is COc1ccc(CN2CCC(O)(COc3ccccc3F)CC2)cc1OCCCn1ccnc1. The lowest BCUT2D eigenvalue weighted by atomic mass is 9.92. The highest BCUT2D eigenvalue weighted by molar-refractivity contribution is 5.43. The van der Waals surface area contributed by atoms with E-state index in [0.717, 1.165) is 43.9 Å². The van der Waals surface area contributed by atoms with Crippen LogP contribution in [-0.4, -0.2) is 58.6 Å². The van der Waals surface area contributed by atoms with Gasteiger partial charge in [-0.3, -0.25) is 4.90 Å². The van der Waals surface area contributed by atoms with E-state index >= 15 is 0 Å². The summed E-state index contributed by atoms with van der Waals surface area (Å²) in [6, 6.07) is 12.3. The molecule has 1 aliphatic heterocycles. The number of para-hydroxylation sites is 1. The van der Waals surface area contributed by atoms with E-state index in [1.807, 2.05) is 29.0 Å². The maximum absolute atomic E-state index is 13.8. The van der Waals surface area contributed by atoms with Gasteiger partial charge in [-0.25, -0.2) is 9.37 Å². The third-order valence-corrected chi connectivity index (χ3v) is 6.13. The predicted molar refractivity (Wildman–Crippen MR) is 127 cm³/mol. The van der Waals surface area contributed by atoms with Crippen LogP contribution in [0.25, 0.3) is 0 Å². The molecule has 0 spiro atoms. The van der Waals surface area contributed by atoms with Gasteiger partial charge in [0.25, 0.3) is 0 Å². The number of rotatable bonds is 11. The second kappa shape index (κ2) is 11.4. The van der Waals surface area contributed by atoms with Gasteiger partial charge in [0.05, 0.1) is 20.0 Å². The molecule has 3 aromatic rings. The number of benzene rings is 2. The Labute approximate surface area is 199 Å². The lowest BCUT2D eigenvalue weighted by Gasteiger charge is -2.38. The standard InChI is InChI=1S/C26H32FN3O4/c1-32-24-8-7-21(17-25(24)33-16-4-12-30-15-11-28-20-30)18-29-13-9-26(31,10-14-29)19-34-23-6-3-2-5-22(23)27/h2-3,5-8,11,15,17,20,31H,4,9-10,12-14,16,18-19H2,1H3. The molecule has 8 heteroatoms. The number of imidazole rings is 1. The summed E-state index contributed by atoms with van der Waals surface area (Å²) in [6.45, 7) is 3.71. The minimum atomic E-state index is -0.956. The van der Waals surface area contributed by atoms with E-state index < -0.39 is 11.4 Å². The minimum absolute atomic E-state index is 0.0847. The van der Waals surface area contributed by atoms with E-state index in [2.05, 4.69) is 9.88 Å². The smallest absolute Gasteiger partial charge is 0.165 e. The number of methoxy groups -OCH3 is 1. The predicted octanol–water partition coefficient (Wildman–Crippen LogP) is 3.91. The minimum Gasteiger partial charge on any atom is -0.493 e. The van der Waals surface area contributed by atoms with Crippen LogP contribution in [0.3, 0.4) is 0 Å². The lowest BCUT2D eigenvalue weighted by molar-refractivity contribution is -0.0543. The van der Waals surface area contributed by atoms with Gasteiger partial charge in [0.2, 0.25) is 0 Å². The van der Waals surface area contributed by atoms with Crippen LogP contribution >= 0.6 is 0 Å². The maximum atomic E-state index is 13.8. The van der Waals surface area contributed by atoms with Gasteiger partial charge in [-0.05, 0) is 49.1 Å². The van der Waals surface area contributed by atoms with Crippen LogP contribution in [0.5, 0.6) is 17.2 Å². The number of nitrogens with zero attached hydrogens (tertiary/aromatic N) is 3. The fourth-order valence-corrected chi connectivity index (χ4v) is 4.08. The summed E-state index contributed by atoms with van der Waals surface area (Å²) < 4.78 is 32.8. The Hall–Kier alpha value is -3.10. The number of aromatic nitrogens is 2. The van der Waals surface area contributed by atoms with Crippen LogP contribution < -0.4 is 14.2 Å². The molecule has 1 fully saturated rings. The molecular formula is C26H32FN3O4. The molecule has 0 saturated carbocycles. The highest BCUT2D eigenvalue weighted by atomic mass is 19.1. The molecule has 7 nitrogen and oxygen atoms in total. The van der Waals surface area contributed by atoms with Gasteiger partial charge in [0.15, 0.2) is 23.1 Å². The molecule has 34 heavy (non-hydrogen) atoms. The average Bonchev–Trinajstić information content (AvgIpc) is 3.37. The first-order chi connectivity index (χ1) is 16.5. The van der Waals surface area contributed by atoms with Gasteiger partial charge in [0.1, 0.15) is 12.2 Å². The van der Waals surface area contributed by atoms with Crippen LogP contribution in [0.1, 0.15) is 24.8 Å². The van der Waals surface area contributed by atoms with E-state index in [0.29, 0.717) is 25.2 Å². The number of aliphatic hydroxyl groups is 1. The van der Waals surface area contributed by atoms with Gasteiger partial charge in [-0.15, -0.1) is 0 Å². The largest absolute Gasteiger partial charge is 0.493 e. The van der Waals surface area contributed by atoms with Crippen molar-refractivity contribution in [1.29, 1.82) is 0 Å². The first-order valence-corrected chi connectivity index (χ1v) is 11.6. The number of likely N-dealkylation sites (tertiary alicyclic amines) is 1. The van der Waals surface area contributed by atoms with E-state index in [1.165, 1.54) is 6.07 Å². The van der Waals surface area contributed by atoms with E-state index in [9.17, 15) is 9.50 Å². The highest BCUT2D eigenvalue weighted by Crippen LogP contribution is 2.30. The van der Waals surface area contributed by atoms with Crippen LogP contribution in [0.15, 0.2) is 61.2 Å². The normalized spacial score (nSPS) is 15.7. The zero-order valence-corrected chi connectivity index (χ0v) is 19.5. The maximum Gasteiger partial charge on any atom is 0.165 e. The third kappa shape index (κ3) is 6.48. The summed E-state index contributed by atoms with van der Waals surface area (Å²) in [7, 11) is 1.64. The van der Waals surface area contributed by atoms with Gasteiger partial charge in [0, 0.05) is 38.6 Å². The molecule has 0 atom stereocenters. The van der Waals surface area contributed by atoms with Gasteiger partial charge in [-0.1, -0.05) is 18.2 Å². The van der Waals surface area contributed by atoms with Gasteiger partial charge >= 0.3 is 0 Å². The van der Waals surface area contributed by atoms with Crippen molar-refractivity contribution < 1.29 is 23.7 Å². The van der Waals surface area contributed by atoms with Gasteiger partial charge < -0.3 is 23.9 Å². The number of aryl methyl sites for hydroxylation is 1. The molecule has 4 rings (SSSR count). The zero-order chi connectivity index (χ0) is 23.8. The number of hydrogen-bond donors (Lipinski definition) is 1. The van der Waals surface area contributed by atoms with Crippen molar-refractivity contribution in [3.63, 3.8) is 0 Å². The average molecular weight is 470 g/mol. The Morgan fingerprint density at radius 2 is 1.88 bits per heavy atom. The van der Waals surface area contributed by atoms with Crippen molar-refractivity contribution in [3.05, 3.63) is 72.6 Å². The van der Waals surface area contributed by atoms with Crippen molar-refractivity contribution in [2.45, 2.75) is 38.0 Å². The monoisotopic (exact) mass is 469 g/mol.